The molecule has 0 saturated heterocycles. The molecular formula is C9H6BF3N-. The zero-order chi connectivity index (χ0) is 10.2. The Morgan fingerprint density at radius 2 is 1.79 bits per heavy atom. The third-order valence-electron chi connectivity index (χ3n) is 2.03. The maximum absolute atomic E-state index is 12.6. The minimum atomic E-state index is -4.96. The van der Waals surface area contributed by atoms with Gasteiger partial charge in [0.2, 0.25) is 0 Å². The SMILES string of the molecule is F[B-](F)(F)c1cccc2ncccc12. The molecule has 0 fully saturated rings. The van der Waals surface area contributed by atoms with Gasteiger partial charge in [0.05, 0.1) is 5.52 Å². The van der Waals surface area contributed by atoms with E-state index in [0.717, 1.165) is 6.07 Å². The Kier molecular flexibility index (Phi) is 1.95. The molecule has 2 rings (SSSR count). The van der Waals surface area contributed by atoms with Gasteiger partial charge in [0.25, 0.3) is 0 Å². The van der Waals surface area contributed by atoms with E-state index in [1.54, 1.807) is 6.07 Å². The van der Waals surface area contributed by atoms with Crippen molar-refractivity contribution in [3.63, 3.8) is 0 Å². The highest BCUT2D eigenvalue weighted by atomic mass is 19.4. The first-order valence-electron chi connectivity index (χ1n) is 4.12. The summed E-state index contributed by atoms with van der Waals surface area (Å²) < 4.78 is 37.7. The summed E-state index contributed by atoms with van der Waals surface area (Å²) in [6.07, 6.45) is 1.48. The lowest BCUT2D eigenvalue weighted by molar-refractivity contribution is 0.501. The molecule has 0 aliphatic heterocycles. The summed E-state index contributed by atoms with van der Waals surface area (Å²) in [5.74, 6) is 0. The summed E-state index contributed by atoms with van der Waals surface area (Å²) in [4.78, 5) is 3.87. The van der Waals surface area contributed by atoms with Crippen LogP contribution < -0.4 is 5.46 Å². The van der Waals surface area contributed by atoms with Gasteiger partial charge < -0.3 is 12.9 Å². The molecule has 0 aliphatic carbocycles. The molecule has 1 nitrogen and oxygen atoms in total. The van der Waals surface area contributed by atoms with Crippen LogP contribution >= 0.6 is 0 Å². The predicted molar refractivity (Wildman–Crippen MR) is 50.5 cm³/mol. The largest absolute Gasteiger partial charge is 0.510 e. The summed E-state index contributed by atoms with van der Waals surface area (Å²) in [5, 5.41) is 0.169. The minimum Gasteiger partial charge on any atom is -0.445 e. The van der Waals surface area contributed by atoms with Gasteiger partial charge in [0.1, 0.15) is 0 Å². The van der Waals surface area contributed by atoms with Crippen molar-refractivity contribution in [1.29, 1.82) is 0 Å². The zero-order valence-electron chi connectivity index (χ0n) is 7.12. The summed E-state index contributed by atoms with van der Waals surface area (Å²) in [6.45, 7) is -4.96. The number of fused-ring (bicyclic) bond motifs is 1. The highest BCUT2D eigenvalue weighted by molar-refractivity contribution is 6.75. The van der Waals surface area contributed by atoms with E-state index >= 15 is 0 Å². The van der Waals surface area contributed by atoms with Crippen molar-refractivity contribution in [2.45, 2.75) is 0 Å². The van der Waals surface area contributed by atoms with Crippen LogP contribution in [0.2, 0.25) is 0 Å². The molecule has 0 unspecified atom stereocenters. The van der Waals surface area contributed by atoms with E-state index in [9.17, 15) is 12.9 Å². The molecule has 2 aromatic rings. The first-order valence-corrected chi connectivity index (χ1v) is 4.12. The first-order chi connectivity index (χ1) is 6.59. The average molecular weight is 196 g/mol. The van der Waals surface area contributed by atoms with Crippen molar-refractivity contribution in [3.8, 4) is 0 Å². The van der Waals surface area contributed by atoms with Gasteiger partial charge >= 0.3 is 6.98 Å². The highest BCUT2D eigenvalue weighted by Gasteiger charge is 2.27. The third-order valence-corrected chi connectivity index (χ3v) is 2.03. The Balaban J connectivity index is 2.78. The van der Waals surface area contributed by atoms with Gasteiger partial charge in [0.15, 0.2) is 0 Å². The second-order valence-corrected chi connectivity index (χ2v) is 2.99. The second-order valence-electron chi connectivity index (χ2n) is 2.99. The molecule has 5 heteroatoms. The minimum absolute atomic E-state index is 0.169. The molecule has 14 heavy (non-hydrogen) atoms. The fourth-order valence-electron chi connectivity index (χ4n) is 1.41. The summed E-state index contributed by atoms with van der Waals surface area (Å²) in [7, 11) is 0. The molecule has 0 atom stereocenters. The first kappa shape index (κ1) is 9.06. The van der Waals surface area contributed by atoms with Crippen LogP contribution in [-0.4, -0.2) is 12.0 Å². The van der Waals surface area contributed by atoms with E-state index in [-0.39, 0.29) is 5.39 Å². The van der Waals surface area contributed by atoms with E-state index in [2.05, 4.69) is 4.98 Å². The van der Waals surface area contributed by atoms with Crippen LogP contribution in [0.3, 0.4) is 0 Å². The number of nitrogens with zero attached hydrogens (tertiary/aromatic N) is 1. The molecule has 0 aliphatic rings. The normalized spacial score (nSPS) is 11.9. The molecule has 0 amide bonds. The monoisotopic (exact) mass is 196 g/mol. The molecule has 0 spiro atoms. The van der Waals surface area contributed by atoms with Crippen molar-refractivity contribution in [2.75, 3.05) is 0 Å². The Labute approximate surface area is 78.6 Å². The van der Waals surface area contributed by atoms with Crippen LogP contribution in [0.15, 0.2) is 36.5 Å². The van der Waals surface area contributed by atoms with E-state index in [0.29, 0.717) is 5.52 Å². The molecule has 1 heterocycles. The lowest BCUT2D eigenvalue weighted by Gasteiger charge is -2.16. The van der Waals surface area contributed by atoms with Crippen molar-refractivity contribution < 1.29 is 12.9 Å². The van der Waals surface area contributed by atoms with Gasteiger partial charge in [-0.3, -0.25) is 4.98 Å². The topological polar surface area (TPSA) is 12.9 Å². The molecule has 72 valence electrons. The summed E-state index contributed by atoms with van der Waals surface area (Å²) >= 11 is 0. The van der Waals surface area contributed by atoms with Crippen LogP contribution in [0, 0.1) is 0 Å². The molecule has 0 radical (unpaired) electrons. The van der Waals surface area contributed by atoms with Crippen LogP contribution in [0.5, 0.6) is 0 Å². The van der Waals surface area contributed by atoms with Gasteiger partial charge in [-0.2, -0.15) is 0 Å². The van der Waals surface area contributed by atoms with Crippen LogP contribution in [0.25, 0.3) is 10.9 Å². The number of hydrogen-bond acceptors (Lipinski definition) is 1. The molecule has 0 saturated carbocycles. The number of hydrogen-bond donors (Lipinski definition) is 0. The Morgan fingerprint density at radius 3 is 2.50 bits per heavy atom. The Bertz CT molecular complexity index is 462. The standard InChI is InChI=1S/C9H6BF3N/c11-10(12,13)8-4-1-5-9-7(8)3-2-6-14-9/h1-6H/q-1. The fourth-order valence-corrected chi connectivity index (χ4v) is 1.41. The number of halogens is 3. The van der Waals surface area contributed by atoms with Gasteiger partial charge in [-0.25, -0.2) is 0 Å². The molecule has 0 bridgehead atoms. The van der Waals surface area contributed by atoms with E-state index in [4.69, 9.17) is 0 Å². The smallest absolute Gasteiger partial charge is 0.445 e. The number of pyridine rings is 1. The maximum Gasteiger partial charge on any atom is 0.510 e. The quantitative estimate of drug-likeness (QED) is 0.637. The number of rotatable bonds is 1. The predicted octanol–water partition coefficient (Wildman–Crippen LogP) is 2.29. The average Bonchev–Trinajstić information content (AvgIpc) is 2.15. The van der Waals surface area contributed by atoms with E-state index in [1.807, 2.05) is 0 Å². The molecule has 0 N–H and O–H groups in total. The summed E-state index contributed by atoms with van der Waals surface area (Å²) in [5.41, 5.74) is -0.195. The van der Waals surface area contributed by atoms with E-state index in [1.165, 1.54) is 24.4 Å². The molecular weight excluding hydrogens is 190 g/mol. The maximum atomic E-state index is 12.6. The molecule has 1 aromatic carbocycles. The van der Waals surface area contributed by atoms with Crippen LogP contribution in [0.4, 0.5) is 12.9 Å². The highest BCUT2D eigenvalue weighted by Crippen LogP contribution is 2.16. The van der Waals surface area contributed by atoms with Crippen molar-refractivity contribution in [3.05, 3.63) is 36.5 Å². The Hall–Kier alpha value is -1.52. The van der Waals surface area contributed by atoms with E-state index < -0.39 is 12.4 Å². The molecule has 1 aromatic heterocycles. The van der Waals surface area contributed by atoms with Gasteiger partial charge in [-0.05, 0) is 17.5 Å². The second kappa shape index (κ2) is 3.01. The van der Waals surface area contributed by atoms with Crippen molar-refractivity contribution >= 4 is 23.3 Å². The number of benzene rings is 1. The lowest BCUT2D eigenvalue weighted by atomic mass is 9.78. The van der Waals surface area contributed by atoms with Gasteiger partial charge in [-0.1, -0.05) is 23.7 Å². The van der Waals surface area contributed by atoms with Crippen molar-refractivity contribution in [2.24, 2.45) is 0 Å². The third kappa shape index (κ3) is 1.45. The zero-order valence-corrected chi connectivity index (χ0v) is 7.12. The van der Waals surface area contributed by atoms with Gasteiger partial charge in [0, 0.05) is 6.20 Å². The van der Waals surface area contributed by atoms with Crippen molar-refractivity contribution in [1.82, 2.24) is 4.98 Å². The number of aromatic nitrogens is 1. The Morgan fingerprint density at radius 1 is 1.00 bits per heavy atom. The summed E-state index contributed by atoms with van der Waals surface area (Å²) in [6, 6.07) is 6.98. The van der Waals surface area contributed by atoms with Crippen LogP contribution in [-0.2, 0) is 0 Å². The van der Waals surface area contributed by atoms with Gasteiger partial charge in [-0.15, -0.1) is 0 Å². The fraction of sp³-hybridized carbons (Fsp3) is 0. The lowest BCUT2D eigenvalue weighted by Crippen LogP contribution is -2.34. The van der Waals surface area contributed by atoms with Crippen LogP contribution in [0.1, 0.15) is 0 Å².